The molecule has 2 aromatic rings. The van der Waals surface area contributed by atoms with Crippen molar-refractivity contribution in [3.05, 3.63) is 45.0 Å². The number of aryl methyl sites for hydroxylation is 1. The van der Waals surface area contributed by atoms with Gasteiger partial charge < -0.3 is 34.3 Å². The van der Waals surface area contributed by atoms with Crippen LogP contribution in [0.3, 0.4) is 0 Å². The quantitative estimate of drug-likeness (QED) is 0.0420. The van der Waals surface area contributed by atoms with Gasteiger partial charge in [0, 0.05) is 37.3 Å². The van der Waals surface area contributed by atoms with Gasteiger partial charge in [0.15, 0.2) is 0 Å². The van der Waals surface area contributed by atoms with Crippen molar-refractivity contribution in [2.75, 3.05) is 58.9 Å². The van der Waals surface area contributed by atoms with Crippen LogP contribution in [-0.2, 0) is 36.8 Å². The largest absolute Gasteiger partial charge is 0.487 e. The first-order valence-corrected chi connectivity index (χ1v) is 33.3. The number of hydrogen-bond acceptors (Lipinski definition) is 12. The van der Waals surface area contributed by atoms with E-state index in [0.29, 0.717) is 23.3 Å². The van der Waals surface area contributed by atoms with Crippen molar-refractivity contribution in [1.29, 1.82) is 0 Å². The number of benzene rings is 2. The van der Waals surface area contributed by atoms with Gasteiger partial charge in [0.1, 0.15) is 34.2 Å². The minimum atomic E-state index is -1.18. The molecule has 0 radical (unpaired) electrons. The van der Waals surface area contributed by atoms with Gasteiger partial charge in [-0.25, -0.2) is 0 Å². The Balaban J connectivity index is 1.30. The molecule has 6 atom stereocenters. The summed E-state index contributed by atoms with van der Waals surface area (Å²) in [5.74, 6) is 2.14. The van der Waals surface area contributed by atoms with E-state index in [-0.39, 0.29) is 50.5 Å². The average molecular weight is 1200 g/mol. The van der Waals surface area contributed by atoms with Gasteiger partial charge in [0.25, 0.3) is 0 Å². The highest BCUT2D eigenvalue weighted by Crippen LogP contribution is 2.46. The molecule has 0 amide bonds. The molecule has 0 aliphatic carbocycles. The van der Waals surface area contributed by atoms with Gasteiger partial charge in [0.2, 0.25) is 0 Å². The number of nitrogens with zero attached hydrogens (tertiary/aromatic N) is 3. The molecule has 15 nitrogen and oxygen atoms in total. The SMILES string of the molecule is Cc1cc2c(c(C)c1OC(=O)CN(CCN(CCN(CC(=O)O)CC(=O)Oc1c(C)c(C)c3c(c1C)CC[C@@](C)(CCC[C@H](C)CCC[C@H](C)CCCC(C)C)O3)CC(=O)O)CC(=O)O)CC[C@@](C)(CCC[C@H](C)CCC[C@H](C)CCCC(C)C)O2. The first-order chi connectivity index (χ1) is 40.5. The van der Waals surface area contributed by atoms with Crippen LogP contribution in [0.2, 0.25) is 0 Å². The predicted octanol–water partition coefficient (Wildman–Crippen LogP) is 14.9. The second kappa shape index (κ2) is 36.1. The van der Waals surface area contributed by atoms with Crippen LogP contribution in [0.15, 0.2) is 6.07 Å². The number of fused-ring (bicyclic) bond motifs is 2. The van der Waals surface area contributed by atoms with Crippen molar-refractivity contribution >= 4 is 29.8 Å². The number of rotatable bonds is 42. The lowest BCUT2D eigenvalue weighted by Gasteiger charge is -2.38. The maximum atomic E-state index is 13.8. The van der Waals surface area contributed by atoms with Crippen LogP contribution in [0.4, 0.5) is 0 Å². The van der Waals surface area contributed by atoms with Gasteiger partial charge in [-0.15, -0.1) is 0 Å². The van der Waals surface area contributed by atoms with Crippen molar-refractivity contribution in [3.63, 3.8) is 0 Å². The summed E-state index contributed by atoms with van der Waals surface area (Å²) in [6.45, 7) is 30.5. The maximum absolute atomic E-state index is 13.8. The third-order valence-electron chi connectivity index (χ3n) is 18.8. The Morgan fingerprint density at radius 3 is 1.26 bits per heavy atom. The van der Waals surface area contributed by atoms with Crippen LogP contribution in [0.1, 0.15) is 237 Å². The molecule has 86 heavy (non-hydrogen) atoms. The van der Waals surface area contributed by atoms with Gasteiger partial charge in [-0.05, 0) is 169 Å². The molecule has 0 bridgehead atoms. The molecule has 488 valence electrons. The van der Waals surface area contributed by atoms with E-state index in [2.05, 4.69) is 69.2 Å². The van der Waals surface area contributed by atoms with Crippen LogP contribution in [0.5, 0.6) is 23.0 Å². The second-order valence-electron chi connectivity index (χ2n) is 28.3. The number of carboxylic acids is 3. The lowest BCUT2D eigenvalue weighted by Crippen LogP contribution is -2.46. The first-order valence-electron chi connectivity index (χ1n) is 33.3. The molecule has 3 N–H and O–H groups in total. The zero-order valence-electron chi connectivity index (χ0n) is 56.3. The Morgan fingerprint density at radius 1 is 0.465 bits per heavy atom. The van der Waals surface area contributed by atoms with Gasteiger partial charge in [-0.1, -0.05) is 145 Å². The fraction of sp³-hybridized carbons (Fsp3) is 0.761. The Labute approximate surface area is 519 Å². The Kier molecular flexibility index (Phi) is 30.9. The van der Waals surface area contributed by atoms with Crippen LogP contribution >= 0.6 is 0 Å². The molecular weight excluding hydrogens is 1090 g/mol. The van der Waals surface area contributed by atoms with Crippen LogP contribution < -0.4 is 18.9 Å². The van der Waals surface area contributed by atoms with E-state index in [1.807, 2.05) is 40.7 Å². The lowest BCUT2D eigenvalue weighted by molar-refractivity contribution is -0.142. The molecule has 0 unspecified atom stereocenters. The van der Waals surface area contributed by atoms with Gasteiger partial charge >= 0.3 is 29.8 Å². The normalized spacial score (nSPS) is 18.1. The van der Waals surface area contributed by atoms with Gasteiger partial charge in [-0.3, -0.25) is 38.7 Å². The van der Waals surface area contributed by atoms with E-state index in [1.165, 1.54) is 105 Å². The summed E-state index contributed by atoms with van der Waals surface area (Å²) >= 11 is 0. The number of ether oxygens (including phenoxy) is 4. The third kappa shape index (κ3) is 25.8. The molecule has 0 saturated carbocycles. The molecule has 0 aromatic heterocycles. The van der Waals surface area contributed by atoms with Crippen molar-refractivity contribution in [1.82, 2.24) is 14.7 Å². The van der Waals surface area contributed by atoms with E-state index in [4.69, 9.17) is 18.9 Å². The van der Waals surface area contributed by atoms with Crippen LogP contribution in [0, 0.1) is 70.1 Å². The first kappa shape index (κ1) is 73.7. The molecule has 2 aliphatic heterocycles. The highest BCUT2D eigenvalue weighted by Gasteiger charge is 2.36. The molecule has 2 aliphatic rings. The van der Waals surface area contributed by atoms with Crippen molar-refractivity contribution in [3.8, 4) is 23.0 Å². The second-order valence-corrected chi connectivity index (χ2v) is 28.3. The summed E-state index contributed by atoms with van der Waals surface area (Å²) in [4.78, 5) is 68.1. The van der Waals surface area contributed by atoms with Crippen molar-refractivity contribution in [2.24, 2.45) is 35.5 Å². The predicted molar refractivity (Wildman–Crippen MR) is 344 cm³/mol. The van der Waals surface area contributed by atoms with Crippen molar-refractivity contribution < 1.29 is 58.2 Å². The Morgan fingerprint density at radius 2 is 0.826 bits per heavy atom. The third-order valence-corrected chi connectivity index (χ3v) is 18.8. The summed E-state index contributed by atoms with van der Waals surface area (Å²) in [6, 6.07) is 1.93. The van der Waals surface area contributed by atoms with E-state index < -0.39 is 49.5 Å². The summed E-state index contributed by atoms with van der Waals surface area (Å²) in [5, 5.41) is 29.7. The highest BCUT2D eigenvalue weighted by atomic mass is 16.5. The van der Waals surface area contributed by atoms with E-state index in [9.17, 15) is 39.3 Å². The monoisotopic (exact) mass is 1200 g/mol. The van der Waals surface area contributed by atoms with Crippen LogP contribution in [-0.4, -0.2) is 130 Å². The maximum Gasteiger partial charge on any atom is 0.325 e. The standard InChI is InChI=1S/C71H117N3O12/c1-48(2)22-16-24-50(5)26-18-28-52(7)30-20-34-70(14)36-32-59-57(12)67(54(9)42-61(59)85-70)83-65(81)46-73(44-63(77)78)40-38-72(43-62(75)76)39-41-74(45-64(79)80)47-66(82)84-68-55(10)56(11)69-60(58(68)13)33-37-71(15,86-69)35-21-31-53(8)29-19-27-51(6)25-17-23-49(3)4/h42,48-53H,16-41,43-47H2,1-15H3,(H,75,76)(H,77,78)(H,79,80)/t50-,51-,52-,53-,70-,71-/m1/s1. The smallest absolute Gasteiger partial charge is 0.325 e. The van der Waals surface area contributed by atoms with Gasteiger partial charge in [0.05, 0.1) is 32.7 Å². The van der Waals surface area contributed by atoms with E-state index in [0.717, 1.165) is 125 Å². The minimum absolute atomic E-state index is 0.0164. The number of hydrogen-bond donors (Lipinski definition) is 3. The molecule has 0 saturated heterocycles. The Bertz CT molecular complexity index is 2490. The summed E-state index contributed by atoms with van der Waals surface area (Å²) < 4.78 is 25.6. The van der Waals surface area contributed by atoms with Crippen molar-refractivity contribution in [2.45, 2.75) is 256 Å². The minimum Gasteiger partial charge on any atom is -0.487 e. The molecule has 0 spiro atoms. The number of carbonyl (C=O) groups is 5. The lowest BCUT2D eigenvalue weighted by atomic mass is 9.83. The topological polar surface area (TPSA) is 193 Å². The summed E-state index contributed by atoms with van der Waals surface area (Å²) in [6.07, 6.45) is 25.3. The Hall–Kier alpha value is -4.73. The van der Waals surface area contributed by atoms with Crippen LogP contribution in [0.25, 0.3) is 0 Å². The number of carboxylic acid groups (broad SMARTS) is 3. The average Bonchev–Trinajstić information content (AvgIpc) is 0.876. The highest BCUT2D eigenvalue weighted by molar-refractivity contribution is 5.78. The molecule has 15 heteroatoms. The molecule has 2 heterocycles. The molecule has 4 rings (SSSR count). The fourth-order valence-electron chi connectivity index (χ4n) is 13.1. The molecular formula is C71H117N3O12. The van der Waals surface area contributed by atoms with E-state index in [1.54, 1.807) is 0 Å². The summed E-state index contributed by atoms with van der Waals surface area (Å²) in [5.41, 5.74) is 5.40. The number of esters is 2. The summed E-state index contributed by atoms with van der Waals surface area (Å²) in [7, 11) is 0. The zero-order valence-corrected chi connectivity index (χ0v) is 56.3. The molecule has 0 fully saturated rings. The fourth-order valence-corrected chi connectivity index (χ4v) is 13.1. The molecule has 2 aromatic carbocycles. The van der Waals surface area contributed by atoms with E-state index >= 15 is 0 Å². The number of carbonyl (C=O) groups excluding carboxylic acids is 2. The zero-order chi connectivity index (χ0) is 63.9. The number of aliphatic carboxylic acids is 3. The van der Waals surface area contributed by atoms with Gasteiger partial charge in [-0.2, -0.15) is 0 Å².